The lowest BCUT2D eigenvalue weighted by molar-refractivity contribution is -0.120. The Morgan fingerprint density at radius 3 is 2.45 bits per heavy atom. The number of halogens is 1. The normalized spacial score (nSPS) is 15.8. The molecule has 1 N–H and O–H groups in total. The summed E-state index contributed by atoms with van der Waals surface area (Å²) in [6.45, 7) is 4.68. The standard InChI is InChI=1S/C21H25FN2O4S/c1-3-28-18-6-8-19(9-7-18)29(26,27)24-12-10-16(11-13-24)21(25)23-20-14-17(22)5-4-15(20)2/h4-9,14,16H,3,10-13H2,1-2H3,(H,23,25). The average Bonchev–Trinajstić information content (AvgIpc) is 2.71. The quantitative estimate of drug-likeness (QED) is 0.775. The van der Waals surface area contributed by atoms with E-state index in [4.69, 9.17) is 4.74 Å². The second-order valence-corrected chi connectivity index (χ2v) is 8.97. The van der Waals surface area contributed by atoms with Crippen LogP contribution in [0.1, 0.15) is 25.3 Å². The smallest absolute Gasteiger partial charge is 0.243 e. The van der Waals surface area contributed by atoms with Crippen LogP contribution in [0.5, 0.6) is 5.75 Å². The van der Waals surface area contributed by atoms with E-state index in [2.05, 4.69) is 5.32 Å². The van der Waals surface area contributed by atoms with Gasteiger partial charge in [-0.25, -0.2) is 12.8 Å². The van der Waals surface area contributed by atoms with Crippen molar-refractivity contribution in [3.8, 4) is 5.75 Å². The SMILES string of the molecule is CCOc1ccc(S(=O)(=O)N2CCC(C(=O)Nc3cc(F)ccc3C)CC2)cc1. The highest BCUT2D eigenvalue weighted by molar-refractivity contribution is 7.89. The summed E-state index contributed by atoms with van der Waals surface area (Å²) in [7, 11) is -3.62. The molecular formula is C21H25FN2O4S. The van der Waals surface area contributed by atoms with Gasteiger partial charge in [-0.3, -0.25) is 4.79 Å². The van der Waals surface area contributed by atoms with E-state index in [1.807, 2.05) is 6.92 Å². The van der Waals surface area contributed by atoms with Crippen LogP contribution in [0, 0.1) is 18.7 Å². The Labute approximate surface area is 170 Å². The van der Waals surface area contributed by atoms with Gasteiger partial charge in [-0.1, -0.05) is 6.07 Å². The predicted molar refractivity (Wildman–Crippen MR) is 109 cm³/mol. The van der Waals surface area contributed by atoms with Crippen molar-refractivity contribution in [3.63, 3.8) is 0 Å². The molecule has 2 aromatic carbocycles. The van der Waals surface area contributed by atoms with Crippen molar-refractivity contribution < 1.29 is 22.3 Å². The van der Waals surface area contributed by atoms with Crippen LogP contribution in [0.3, 0.4) is 0 Å². The van der Waals surface area contributed by atoms with Gasteiger partial charge in [0.15, 0.2) is 0 Å². The summed E-state index contributed by atoms with van der Waals surface area (Å²) >= 11 is 0. The second-order valence-electron chi connectivity index (χ2n) is 7.03. The van der Waals surface area contributed by atoms with Crippen molar-refractivity contribution in [1.29, 1.82) is 0 Å². The number of carbonyl (C=O) groups is 1. The molecule has 0 saturated carbocycles. The van der Waals surface area contributed by atoms with Crippen molar-refractivity contribution in [1.82, 2.24) is 4.31 Å². The molecule has 1 aliphatic heterocycles. The second kappa shape index (κ2) is 8.92. The zero-order valence-corrected chi connectivity index (χ0v) is 17.3. The topological polar surface area (TPSA) is 75.7 Å². The number of piperidine rings is 1. The van der Waals surface area contributed by atoms with Gasteiger partial charge in [0, 0.05) is 24.7 Å². The molecule has 0 radical (unpaired) electrons. The van der Waals surface area contributed by atoms with Crippen LogP contribution >= 0.6 is 0 Å². The van der Waals surface area contributed by atoms with Gasteiger partial charge in [-0.05, 0) is 68.7 Å². The van der Waals surface area contributed by atoms with Crippen molar-refractivity contribution in [2.24, 2.45) is 5.92 Å². The van der Waals surface area contributed by atoms with Crippen LogP contribution < -0.4 is 10.1 Å². The molecule has 0 bridgehead atoms. The molecule has 0 spiro atoms. The molecule has 0 unspecified atom stereocenters. The third kappa shape index (κ3) is 4.94. The molecule has 8 heteroatoms. The van der Waals surface area contributed by atoms with E-state index in [1.165, 1.54) is 28.6 Å². The van der Waals surface area contributed by atoms with Crippen LogP contribution in [0.4, 0.5) is 10.1 Å². The summed E-state index contributed by atoms with van der Waals surface area (Å²) in [5.74, 6) is -0.321. The molecule has 29 heavy (non-hydrogen) atoms. The number of ether oxygens (including phenoxy) is 1. The number of amides is 1. The number of aryl methyl sites for hydroxylation is 1. The highest BCUT2D eigenvalue weighted by Crippen LogP contribution is 2.26. The van der Waals surface area contributed by atoms with Crippen LogP contribution in [0.25, 0.3) is 0 Å². The molecule has 0 aliphatic carbocycles. The Balaban J connectivity index is 1.61. The van der Waals surface area contributed by atoms with E-state index in [9.17, 15) is 17.6 Å². The molecule has 1 fully saturated rings. The van der Waals surface area contributed by atoms with Crippen LogP contribution in [0.15, 0.2) is 47.4 Å². The number of nitrogens with zero attached hydrogens (tertiary/aromatic N) is 1. The summed E-state index contributed by atoms with van der Waals surface area (Å²) in [6, 6.07) is 10.6. The largest absolute Gasteiger partial charge is 0.494 e. The third-order valence-electron chi connectivity index (χ3n) is 5.05. The van der Waals surface area contributed by atoms with Crippen molar-refractivity contribution >= 4 is 21.6 Å². The van der Waals surface area contributed by atoms with E-state index in [1.54, 1.807) is 25.1 Å². The molecule has 3 rings (SSSR count). The highest BCUT2D eigenvalue weighted by atomic mass is 32.2. The minimum absolute atomic E-state index is 0.208. The molecule has 1 amide bonds. The predicted octanol–water partition coefficient (Wildman–Crippen LogP) is 3.57. The minimum atomic E-state index is -3.62. The zero-order chi connectivity index (χ0) is 21.0. The Kier molecular flexibility index (Phi) is 6.54. The van der Waals surface area contributed by atoms with Gasteiger partial charge in [0.25, 0.3) is 0 Å². The number of sulfonamides is 1. The van der Waals surface area contributed by atoms with Crippen LogP contribution in [-0.4, -0.2) is 38.3 Å². The molecule has 1 saturated heterocycles. The zero-order valence-electron chi connectivity index (χ0n) is 16.5. The molecule has 1 aliphatic rings. The maximum absolute atomic E-state index is 13.4. The van der Waals surface area contributed by atoms with Crippen LogP contribution in [0.2, 0.25) is 0 Å². The Bertz CT molecular complexity index is 969. The fourth-order valence-corrected chi connectivity index (χ4v) is 4.82. The number of rotatable bonds is 6. The summed E-state index contributed by atoms with van der Waals surface area (Å²) in [6.07, 6.45) is 0.826. The van der Waals surface area contributed by atoms with E-state index >= 15 is 0 Å². The number of hydrogen-bond donors (Lipinski definition) is 1. The van der Waals surface area contributed by atoms with Gasteiger partial charge in [0.1, 0.15) is 11.6 Å². The van der Waals surface area contributed by atoms with E-state index in [-0.39, 0.29) is 29.8 Å². The van der Waals surface area contributed by atoms with Gasteiger partial charge < -0.3 is 10.1 Å². The number of benzene rings is 2. The summed E-state index contributed by atoms with van der Waals surface area (Å²) < 4.78 is 45.9. The first kappa shape index (κ1) is 21.3. The third-order valence-corrected chi connectivity index (χ3v) is 6.97. The molecule has 2 aromatic rings. The Hall–Kier alpha value is -2.45. The van der Waals surface area contributed by atoms with Gasteiger partial charge >= 0.3 is 0 Å². The fraction of sp³-hybridized carbons (Fsp3) is 0.381. The lowest BCUT2D eigenvalue weighted by atomic mass is 9.97. The number of hydrogen-bond acceptors (Lipinski definition) is 4. The lowest BCUT2D eigenvalue weighted by Crippen LogP contribution is -2.41. The van der Waals surface area contributed by atoms with Crippen molar-refractivity contribution in [2.45, 2.75) is 31.6 Å². The first-order valence-electron chi connectivity index (χ1n) is 9.61. The molecule has 1 heterocycles. The summed E-state index contributed by atoms with van der Waals surface area (Å²) in [4.78, 5) is 12.7. The molecule has 0 atom stereocenters. The maximum atomic E-state index is 13.4. The van der Waals surface area contributed by atoms with Gasteiger partial charge in [0.2, 0.25) is 15.9 Å². The van der Waals surface area contributed by atoms with E-state index in [0.717, 1.165) is 5.56 Å². The monoisotopic (exact) mass is 420 g/mol. The lowest BCUT2D eigenvalue weighted by Gasteiger charge is -2.30. The molecule has 156 valence electrons. The van der Waals surface area contributed by atoms with Gasteiger partial charge in [0.05, 0.1) is 11.5 Å². The van der Waals surface area contributed by atoms with Gasteiger partial charge in [-0.15, -0.1) is 0 Å². The molecule has 0 aromatic heterocycles. The first-order valence-corrected chi connectivity index (χ1v) is 11.1. The average molecular weight is 421 g/mol. The summed E-state index contributed by atoms with van der Waals surface area (Å²) in [5, 5.41) is 2.76. The van der Waals surface area contributed by atoms with Gasteiger partial charge in [-0.2, -0.15) is 4.31 Å². The molecular weight excluding hydrogens is 395 g/mol. The fourth-order valence-electron chi connectivity index (χ4n) is 3.35. The number of anilines is 1. The maximum Gasteiger partial charge on any atom is 0.243 e. The van der Waals surface area contributed by atoms with E-state index in [0.29, 0.717) is 30.9 Å². The Morgan fingerprint density at radius 2 is 1.83 bits per heavy atom. The van der Waals surface area contributed by atoms with Crippen molar-refractivity contribution in [2.75, 3.05) is 25.0 Å². The summed E-state index contributed by atoms with van der Waals surface area (Å²) in [5.41, 5.74) is 1.22. The Morgan fingerprint density at radius 1 is 1.17 bits per heavy atom. The number of nitrogens with one attached hydrogen (secondary N) is 1. The van der Waals surface area contributed by atoms with E-state index < -0.39 is 15.8 Å². The minimum Gasteiger partial charge on any atom is -0.494 e. The highest BCUT2D eigenvalue weighted by Gasteiger charge is 2.32. The van der Waals surface area contributed by atoms with Crippen LogP contribution in [-0.2, 0) is 14.8 Å². The molecule has 6 nitrogen and oxygen atoms in total. The first-order chi connectivity index (χ1) is 13.8. The van der Waals surface area contributed by atoms with Crippen molar-refractivity contribution in [3.05, 3.63) is 53.8 Å². The number of carbonyl (C=O) groups excluding carboxylic acids is 1.